The van der Waals surface area contributed by atoms with Gasteiger partial charge in [0.15, 0.2) is 11.5 Å². The first-order valence-electron chi connectivity index (χ1n) is 6.96. The fourth-order valence-electron chi connectivity index (χ4n) is 2.55. The molecule has 3 rings (SSSR count). The average Bonchev–Trinajstić information content (AvgIpc) is 2.90. The second-order valence-corrected chi connectivity index (χ2v) is 4.83. The molecule has 0 amide bonds. The molecule has 1 atom stereocenters. The van der Waals surface area contributed by atoms with Crippen LogP contribution in [-0.4, -0.2) is 19.8 Å². The second-order valence-electron chi connectivity index (χ2n) is 4.83. The molecule has 0 saturated heterocycles. The normalized spacial score (nSPS) is 15.1. The summed E-state index contributed by atoms with van der Waals surface area (Å²) < 4.78 is 16.7. The van der Waals surface area contributed by atoms with Crippen molar-refractivity contribution in [1.29, 1.82) is 0 Å². The van der Waals surface area contributed by atoms with Crippen molar-refractivity contribution in [2.45, 2.75) is 19.9 Å². The van der Waals surface area contributed by atoms with Gasteiger partial charge >= 0.3 is 0 Å². The third kappa shape index (κ3) is 2.39. The molecule has 1 aromatic carbocycles. The molecule has 4 nitrogen and oxygen atoms in total. The summed E-state index contributed by atoms with van der Waals surface area (Å²) in [7, 11) is 0. The zero-order chi connectivity index (χ0) is 13.9. The molecule has 1 aliphatic heterocycles. The van der Waals surface area contributed by atoms with Crippen molar-refractivity contribution in [2.24, 2.45) is 0 Å². The number of hydrogen-bond acceptors (Lipinski definition) is 4. The van der Waals surface area contributed by atoms with Crippen LogP contribution in [0.1, 0.15) is 29.9 Å². The minimum Gasteiger partial charge on any atom is -0.486 e. The van der Waals surface area contributed by atoms with Crippen molar-refractivity contribution in [3.05, 3.63) is 47.4 Å². The van der Waals surface area contributed by atoms with Crippen LogP contribution in [0.25, 0.3) is 0 Å². The highest BCUT2D eigenvalue weighted by Crippen LogP contribution is 2.35. The molecule has 20 heavy (non-hydrogen) atoms. The second kappa shape index (κ2) is 5.59. The van der Waals surface area contributed by atoms with Crippen LogP contribution in [0.5, 0.6) is 11.5 Å². The maximum Gasteiger partial charge on any atom is 0.161 e. The van der Waals surface area contributed by atoms with E-state index in [2.05, 4.69) is 18.3 Å². The van der Waals surface area contributed by atoms with Gasteiger partial charge in [0, 0.05) is 5.56 Å². The fraction of sp³-hybridized carbons (Fsp3) is 0.375. The van der Waals surface area contributed by atoms with Crippen LogP contribution in [-0.2, 0) is 0 Å². The van der Waals surface area contributed by atoms with Gasteiger partial charge in [-0.3, -0.25) is 0 Å². The molecule has 106 valence electrons. The summed E-state index contributed by atoms with van der Waals surface area (Å²) in [5.41, 5.74) is 2.31. The van der Waals surface area contributed by atoms with Gasteiger partial charge in [-0.1, -0.05) is 13.0 Å². The van der Waals surface area contributed by atoms with Crippen molar-refractivity contribution in [2.75, 3.05) is 19.8 Å². The van der Waals surface area contributed by atoms with Gasteiger partial charge in [0.25, 0.3) is 0 Å². The molecule has 0 bridgehead atoms. The Hall–Kier alpha value is -1.94. The molecular weight excluding hydrogens is 254 g/mol. The number of fused-ring (bicyclic) bond motifs is 1. The van der Waals surface area contributed by atoms with Gasteiger partial charge in [0.2, 0.25) is 0 Å². The third-order valence-electron chi connectivity index (χ3n) is 3.52. The van der Waals surface area contributed by atoms with Crippen molar-refractivity contribution in [3.8, 4) is 11.5 Å². The molecule has 1 aromatic heterocycles. The minimum atomic E-state index is 0.106. The van der Waals surface area contributed by atoms with Crippen LogP contribution in [0.15, 0.2) is 34.9 Å². The van der Waals surface area contributed by atoms with E-state index in [0.29, 0.717) is 13.2 Å². The first-order valence-corrected chi connectivity index (χ1v) is 6.96. The Morgan fingerprint density at radius 1 is 1.15 bits per heavy atom. The predicted octanol–water partition coefficient (Wildman–Crippen LogP) is 3.06. The predicted molar refractivity (Wildman–Crippen MR) is 76.4 cm³/mol. The average molecular weight is 273 g/mol. The molecule has 2 aromatic rings. The van der Waals surface area contributed by atoms with E-state index in [1.165, 1.54) is 0 Å². The van der Waals surface area contributed by atoms with Gasteiger partial charge < -0.3 is 19.2 Å². The number of nitrogens with one attached hydrogen (secondary N) is 1. The highest BCUT2D eigenvalue weighted by molar-refractivity contribution is 5.46. The maximum atomic E-state index is 5.66. The summed E-state index contributed by atoms with van der Waals surface area (Å²) in [6.07, 6.45) is 1.73. The van der Waals surface area contributed by atoms with Crippen LogP contribution < -0.4 is 14.8 Å². The Morgan fingerprint density at radius 2 is 1.95 bits per heavy atom. The van der Waals surface area contributed by atoms with Gasteiger partial charge in [-0.25, -0.2) is 0 Å². The SMILES string of the molecule is CCNC(c1ccc2c(c1)OCCO2)c1ccoc1C. The molecule has 1 aliphatic rings. The van der Waals surface area contributed by atoms with Crippen LogP contribution in [0.3, 0.4) is 0 Å². The Balaban J connectivity index is 1.97. The van der Waals surface area contributed by atoms with Gasteiger partial charge in [0.05, 0.1) is 12.3 Å². The molecular formula is C16H19NO3. The van der Waals surface area contributed by atoms with Crippen molar-refractivity contribution in [3.63, 3.8) is 0 Å². The van der Waals surface area contributed by atoms with Crippen molar-refractivity contribution < 1.29 is 13.9 Å². The van der Waals surface area contributed by atoms with Gasteiger partial charge in [0.1, 0.15) is 19.0 Å². The first kappa shape index (κ1) is 13.1. The molecule has 1 unspecified atom stereocenters. The van der Waals surface area contributed by atoms with E-state index in [9.17, 15) is 0 Å². The molecule has 0 aliphatic carbocycles. The summed E-state index contributed by atoms with van der Waals surface area (Å²) >= 11 is 0. The van der Waals surface area contributed by atoms with Crippen LogP contribution >= 0.6 is 0 Å². The Bertz CT molecular complexity index is 591. The summed E-state index contributed by atoms with van der Waals surface area (Å²) in [6.45, 7) is 6.18. The lowest BCUT2D eigenvalue weighted by molar-refractivity contribution is 0.171. The largest absolute Gasteiger partial charge is 0.486 e. The highest BCUT2D eigenvalue weighted by Gasteiger charge is 2.20. The lowest BCUT2D eigenvalue weighted by Gasteiger charge is -2.22. The molecule has 1 N–H and O–H groups in total. The topological polar surface area (TPSA) is 43.6 Å². The minimum absolute atomic E-state index is 0.106. The van der Waals surface area contributed by atoms with E-state index >= 15 is 0 Å². The zero-order valence-corrected chi connectivity index (χ0v) is 11.8. The van der Waals surface area contributed by atoms with Gasteiger partial charge in [-0.15, -0.1) is 0 Å². The van der Waals surface area contributed by atoms with E-state index in [0.717, 1.165) is 34.9 Å². The number of hydrogen-bond donors (Lipinski definition) is 1. The highest BCUT2D eigenvalue weighted by atomic mass is 16.6. The molecule has 0 fully saturated rings. The molecule has 4 heteroatoms. The number of ether oxygens (including phenoxy) is 2. The van der Waals surface area contributed by atoms with Crippen LogP contribution in [0.2, 0.25) is 0 Å². The van der Waals surface area contributed by atoms with Crippen molar-refractivity contribution >= 4 is 0 Å². The van der Waals surface area contributed by atoms with E-state index in [1.54, 1.807) is 6.26 Å². The maximum absolute atomic E-state index is 5.66. The Kier molecular flexibility index (Phi) is 3.65. The van der Waals surface area contributed by atoms with E-state index in [-0.39, 0.29) is 6.04 Å². The number of aryl methyl sites for hydroxylation is 1. The standard InChI is InChI=1S/C16H19NO3/c1-3-17-16(13-6-7-18-11(13)2)12-4-5-14-15(10-12)20-9-8-19-14/h4-7,10,16-17H,3,8-9H2,1-2H3. The van der Waals surface area contributed by atoms with Gasteiger partial charge in [-0.2, -0.15) is 0 Å². The summed E-state index contributed by atoms with van der Waals surface area (Å²) in [4.78, 5) is 0. The Labute approximate surface area is 118 Å². The lowest BCUT2D eigenvalue weighted by atomic mass is 9.98. The summed E-state index contributed by atoms with van der Waals surface area (Å²) in [5.74, 6) is 2.57. The van der Waals surface area contributed by atoms with Crippen LogP contribution in [0, 0.1) is 6.92 Å². The number of furan rings is 1. The number of rotatable bonds is 4. The van der Waals surface area contributed by atoms with E-state index in [1.807, 2.05) is 25.1 Å². The molecule has 0 saturated carbocycles. The van der Waals surface area contributed by atoms with Crippen molar-refractivity contribution in [1.82, 2.24) is 5.32 Å². The van der Waals surface area contributed by atoms with E-state index in [4.69, 9.17) is 13.9 Å². The lowest BCUT2D eigenvalue weighted by Crippen LogP contribution is -2.23. The zero-order valence-electron chi connectivity index (χ0n) is 11.8. The summed E-state index contributed by atoms with van der Waals surface area (Å²) in [6, 6.07) is 8.22. The fourth-order valence-corrected chi connectivity index (χ4v) is 2.55. The summed E-state index contributed by atoms with van der Waals surface area (Å²) in [5, 5.41) is 3.49. The molecule has 2 heterocycles. The van der Waals surface area contributed by atoms with Gasteiger partial charge in [-0.05, 0) is 37.2 Å². The quantitative estimate of drug-likeness (QED) is 0.929. The van der Waals surface area contributed by atoms with Crippen LogP contribution in [0.4, 0.5) is 0 Å². The Morgan fingerprint density at radius 3 is 2.65 bits per heavy atom. The monoisotopic (exact) mass is 273 g/mol. The molecule has 0 spiro atoms. The van der Waals surface area contributed by atoms with E-state index < -0.39 is 0 Å². The third-order valence-corrected chi connectivity index (χ3v) is 3.52. The number of benzene rings is 1. The first-order chi connectivity index (χ1) is 9.79. The molecule has 0 radical (unpaired) electrons. The smallest absolute Gasteiger partial charge is 0.161 e.